The monoisotopic (exact) mass is 501 g/mol. The van der Waals surface area contributed by atoms with E-state index in [-0.39, 0.29) is 9.99 Å². The summed E-state index contributed by atoms with van der Waals surface area (Å²) in [5, 5.41) is 3.06. The molecule has 10 heteroatoms. The van der Waals surface area contributed by atoms with Crippen molar-refractivity contribution < 1.29 is 17.9 Å². The molecule has 0 aliphatic carbocycles. The lowest BCUT2D eigenvalue weighted by Crippen LogP contribution is -2.32. The fraction of sp³-hybridized carbons (Fsp3) is 0.0909. The summed E-state index contributed by atoms with van der Waals surface area (Å²) >= 11 is 3.17. The molecule has 0 fully saturated rings. The van der Waals surface area contributed by atoms with Crippen LogP contribution in [-0.2, 0) is 6.18 Å². The first kappa shape index (κ1) is 20.4. The Morgan fingerprint density at radius 3 is 2.75 bits per heavy atom. The second-order valence-corrected chi connectivity index (χ2v) is 7.91. The number of H-pyrrole nitrogens is 1. The van der Waals surface area contributed by atoms with E-state index in [4.69, 9.17) is 4.74 Å². The molecule has 0 saturated heterocycles. The van der Waals surface area contributed by atoms with E-state index in [1.165, 1.54) is 0 Å². The van der Waals surface area contributed by atoms with Gasteiger partial charge in [-0.2, -0.15) is 13.2 Å². The topological polar surface area (TPSA) is 65.5 Å². The Morgan fingerprint density at radius 2 is 1.97 bits per heavy atom. The van der Waals surface area contributed by atoms with Gasteiger partial charge in [-0.25, -0.2) is 9.98 Å². The fourth-order valence-corrected chi connectivity index (χ4v) is 3.89. The van der Waals surface area contributed by atoms with Crippen LogP contribution in [0.1, 0.15) is 5.56 Å². The van der Waals surface area contributed by atoms with Gasteiger partial charge in [0.1, 0.15) is 11.3 Å². The molecule has 2 N–H and O–H groups in total. The Labute approximate surface area is 188 Å². The van der Waals surface area contributed by atoms with Gasteiger partial charge in [0.25, 0.3) is 0 Å². The number of rotatable bonds is 4. The van der Waals surface area contributed by atoms with Crippen molar-refractivity contribution in [3.63, 3.8) is 0 Å². The van der Waals surface area contributed by atoms with Gasteiger partial charge in [-0.3, -0.25) is 0 Å². The molecule has 3 heterocycles. The van der Waals surface area contributed by atoms with Gasteiger partial charge < -0.3 is 19.9 Å². The van der Waals surface area contributed by atoms with Gasteiger partial charge in [0, 0.05) is 29.1 Å². The number of anilines is 2. The van der Waals surface area contributed by atoms with Crippen LogP contribution < -0.4 is 10.1 Å². The minimum absolute atomic E-state index is 0.264. The van der Waals surface area contributed by atoms with E-state index >= 15 is 0 Å². The second kappa shape index (κ2) is 7.86. The molecule has 5 rings (SSSR count). The molecule has 1 aromatic heterocycles. The van der Waals surface area contributed by atoms with Crippen LogP contribution in [-0.4, -0.2) is 27.2 Å². The van der Waals surface area contributed by atoms with E-state index in [2.05, 4.69) is 36.2 Å². The van der Waals surface area contributed by atoms with Crippen molar-refractivity contribution in [3.8, 4) is 5.75 Å². The molecular formula is C22H15BrF3N5O. The van der Waals surface area contributed by atoms with Gasteiger partial charge in [-0.15, -0.1) is 0 Å². The molecule has 2 aliphatic rings. The van der Waals surface area contributed by atoms with Gasteiger partial charge in [0.2, 0.25) is 5.95 Å². The van der Waals surface area contributed by atoms with Crippen molar-refractivity contribution in [3.05, 3.63) is 82.8 Å². The smallest absolute Gasteiger partial charge is 0.416 e. The highest BCUT2D eigenvalue weighted by Crippen LogP contribution is 2.35. The zero-order valence-electron chi connectivity index (χ0n) is 16.3. The molecule has 0 unspecified atom stereocenters. The van der Waals surface area contributed by atoms with E-state index in [0.717, 1.165) is 24.5 Å². The number of allylic oxidation sites excluding steroid dienone is 2. The largest absolute Gasteiger partial charge is 0.453 e. The molecule has 0 bridgehead atoms. The van der Waals surface area contributed by atoms with Crippen LogP contribution in [0.25, 0.3) is 11.0 Å². The Morgan fingerprint density at radius 1 is 1.16 bits per heavy atom. The number of nitrogens with one attached hydrogen (secondary N) is 2. The van der Waals surface area contributed by atoms with Crippen LogP contribution in [0.3, 0.4) is 0 Å². The third-order valence-electron chi connectivity index (χ3n) is 4.82. The summed E-state index contributed by atoms with van der Waals surface area (Å²) in [6, 6.07) is 9.20. The van der Waals surface area contributed by atoms with Crippen LogP contribution in [0.15, 0.2) is 82.3 Å². The van der Waals surface area contributed by atoms with E-state index in [1.807, 2.05) is 29.3 Å². The van der Waals surface area contributed by atoms with Gasteiger partial charge in [0.05, 0.1) is 11.1 Å². The lowest BCUT2D eigenvalue weighted by Gasteiger charge is -2.26. The fourth-order valence-electron chi connectivity index (χ4n) is 3.34. The highest BCUT2D eigenvalue weighted by Gasteiger charge is 2.31. The first-order valence-electron chi connectivity index (χ1n) is 9.56. The number of hydrogen-bond donors (Lipinski definition) is 2. The minimum Gasteiger partial charge on any atom is -0.453 e. The third kappa shape index (κ3) is 4.01. The molecule has 0 radical (unpaired) electrons. The molecule has 32 heavy (non-hydrogen) atoms. The zero-order chi connectivity index (χ0) is 22.3. The average Bonchev–Trinajstić information content (AvgIpc) is 3.18. The summed E-state index contributed by atoms with van der Waals surface area (Å²) in [4.78, 5) is 13.6. The van der Waals surface area contributed by atoms with Crippen molar-refractivity contribution in [2.45, 2.75) is 6.18 Å². The van der Waals surface area contributed by atoms with Crippen LogP contribution >= 0.6 is 15.9 Å². The SMILES string of the molecule is FC(F)(F)c1cc(Br)c2nc(Nc3ccc(OC4=CC=CN5CC=CN=C45)cc3)[nH]c2c1. The van der Waals surface area contributed by atoms with Gasteiger partial charge >= 0.3 is 6.18 Å². The number of aromatic amines is 1. The van der Waals surface area contributed by atoms with Gasteiger partial charge in [0.15, 0.2) is 11.6 Å². The van der Waals surface area contributed by atoms with Crippen molar-refractivity contribution in [1.82, 2.24) is 14.9 Å². The molecule has 0 atom stereocenters. The summed E-state index contributed by atoms with van der Waals surface area (Å²) in [5.74, 6) is 2.33. The number of aliphatic imine (C=N–C) groups is 1. The Kier molecular flexibility index (Phi) is 5.01. The lowest BCUT2D eigenvalue weighted by atomic mass is 10.2. The third-order valence-corrected chi connectivity index (χ3v) is 5.43. The molecular weight excluding hydrogens is 487 g/mol. The summed E-state index contributed by atoms with van der Waals surface area (Å²) in [6.45, 7) is 0.733. The molecule has 2 aliphatic heterocycles. The van der Waals surface area contributed by atoms with Crippen LogP contribution in [0.5, 0.6) is 5.75 Å². The van der Waals surface area contributed by atoms with Crippen LogP contribution in [0.2, 0.25) is 0 Å². The van der Waals surface area contributed by atoms with Crippen molar-refractivity contribution in [1.29, 1.82) is 0 Å². The van der Waals surface area contributed by atoms with Crippen molar-refractivity contribution in [2.75, 3.05) is 11.9 Å². The predicted molar refractivity (Wildman–Crippen MR) is 120 cm³/mol. The number of aromatic nitrogens is 2. The number of nitrogens with zero attached hydrogens (tertiary/aromatic N) is 3. The normalized spacial score (nSPS) is 15.4. The van der Waals surface area contributed by atoms with Crippen molar-refractivity contribution >= 4 is 44.4 Å². The Hall–Kier alpha value is -3.53. The summed E-state index contributed by atoms with van der Waals surface area (Å²) in [5.41, 5.74) is 0.626. The number of fused-ring (bicyclic) bond motifs is 2. The van der Waals surface area contributed by atoms with Crippen molar-refractivity contribution in [2.24, 2.45) is 4.99 Å². The van der Waals surface area contributed by atoms with E-state index in [0.29, 0.717) is 28.7 Å². The summed E-state index contributed by atoms with van der Waals surface area (Å²) in [6.07, 6.45) is 4.95. The number of hydrogen-bond acceptors (Lipinski definition) is 5. The molecule has 3 aromatic rings. The van der Waals surface area contributed by atoms with Gasteiger partial charge in [-0.1, -0.05) is 0 Å². The quantitative estimate of drug-likeness (QED) is 0.452. The number of imidazole rings is 1. The Balaban J connectivity index is 1.33. The molecule has 0 spiro atoms. The highest BCUT2D eigenvalue weighted by atomic mass is 79.9. The molecule has 0 amide bonds. The molecule has 2 aromatic carbocycles. The average molecular weight is 502 g/mol. The number of ether oxygens (including phenoxy) is 1. The first-order chi connectivity index (χ1) is 15.4. The predicted octanol–water partition coefficient (Wildman–Crippen LogP) is 6.11. The zero-order valence-corrected chi connectivity index (χ0v) is 17.9. The van der Waals surface area contributed by atoms with Crippen LogP contribution in [0, 0.1) is 0 Å². The number of benzene rings is 2. The summed E-state index contributed by atoms with van der Waals surface area (Å²) in [7, 11) is 0. The van der Waals surface area contributed by atoms with E-state index < -0.39 is 11.7 Å². The second-order valence-electron chi connectivity index (χ2n) is 7.05. The maximum absolute atomic E-state index is 13.0. The maximum atomic E-state index is 13.0. The van der Waals surface area contributed by atoms with Crippen LogP contribution in [0.4, 0.5) is 24.8 Å². The van der Waals surface area contributed by atoms with E-state index in [9.17, 15) is 13.2 Å². The number of halogens is 4. The molecule has 0 saturated carbocycles. The maximum Gasteiger partial charge on any atom is 0.416 e. The molecule has 162 valence electrons. The minimum atomic E-state index is -4.44. The highest BCUT2D eigenvalue weighted by molar-refractivity contribution is 9.10. The summed E-state index contributed by atoms with van der Waals surface area (Å²) < 4.78 is 45.4. The first-order valence-corrected chi connectivity index (χ1v) is 10.4. The van der Waals surface area contributed by atoms with E-state index in [1.54, 1.807) is 30.5 Å². The number of amidine groups is 1. The standard InChI is InChI=1S/C22H15BrF3N5O/c23-16-11-13(22(24,25)26)12-17-19(16)30-21(29-17)28-14-4-6-15(7-5-14)32-18-3-1-9-31-10-2-8-27-20(18)31/h1-9,11-12H,10H2,(H2,28,29,30). The lowest BCUT2D eigenvalue weighted by molar-refractivity contribution is -0.137. The Bertz CT molecular complexity index is 1310. The number of alkyl halides is 3. The van der Waals surface area contributed by atoms with Gasteiger partial charge in [-0.05, 0) is 70.6 Å². The molecule has 6 nitrogen and oxygen atoms in total.